The highest BCUT2D eigenvalue weighted by molar-refractivity contribution is 7.92. The molecule has 4 aromatic rings. The van der Waals surface area contributed by atoms with Crippen LogP contribution in [0.4, 0.5) is 5.69 Å². The van der Waals surface area contributed by atoms with Crippen molar-refractivity contribution in [2.24, 2.45) is 5.92 Å². The van der Waals surface area contributed by atoms with E-state index in [0.29, 0.717) is 42.1 Å². The molecule has 7 rings (SSSR count). The van der Waals surface area contributed by atoms with Crippen LogP contribution in [0, 0.1) is 5.92 Å². The first kappa shape index (κ1) is 34.5. The molecule has 1 N–H and O–H groups in total. The van der Waals surface area contributed by atoms with Crippen molar-refractivity contribution >= 4 is 63.1 Å². The van der Waals surface area contributed by atoms with Crippen molar-refractivity contribution in [3.8, 4) is 0 Å². The molecule has 3 aliphatic rings. The Morgan fingerprint density at radius 1 is 1.00 bits per heavy atom. The molecule has 3 aromatic carbocycles. The van der Waals surface area contributed by atoms with Gasteiger partial charge in [-0.2, -0.15) is 0 Å². The Labute approximate surface area is 302 Å². The molecule has 11 nitrogen and oxygen atoms in total. The zero-order valence-electron chi connectivity index (χ0n) is 27.7. The summed E-state index contributed by atoms with van der Waals surface area (Å²) in [4.78, 5) is 60.9. The lowest BCUT2D eigenvalue weighted by molar-refractivity contribution is -0.155. The number of nitrogens with one attached hydrogen (secondary N) is 1. The fourth-order valence-electron chi connectivity index (χ4n) is 6.92. The van der Waals surface area contributed by atoms with Crippen molar-refractivity contribution in [2.75, 3.05) is 30.3 Å². The van der Waals surface area contributed by atoms with E-state index in [4.69, 9.17) is 21.1 Å². The first-order valence-electron chi connectivity index (χ1n) is 16.7. The van der Waals surface area contributed by atoms with Gasteiger partial charge in [0.2, 0.25) is 11.3 Å². The van der Waals surface area contributed by atoms with E-state index >= 15 is 0 Å². The van der Waals surface area contributed by atoms with Crippen LogP contribution in [-0.2, 0) is 39.8 Å². The Bertz CT molecular complexity index is 1970. The van der Waals surface area contributed by atoms with Crippen molar-refractivity contribution in [1.29, 1.82) is 0 Å². The maximum Gasteiger partial charge on any atom is 0.356 e. The van der Waals surface area contributed by atoms with Gasteiger partial charge in [0, 0.05) is 53.8 Å². The zero-order chi connectivity index (χ0) is 35.6. The van der Waals surface area contributed by atoms with Crippen LogP contribution in [0.25, 0.3) is 10.9 Å². The van der Waals surface area contributed by atoms with Crippen LogP contribution in [0.1, 0.15) is 37.0 Å². The summed E-state index contributed by atoms with van der Waals surface area (Å²) < 4.78 is 24.9. The van der Waals surface area contributed by atoms with Crippen LogP contribution >= 0.6 is 11.6 Å². The van der Waals surface area contributed by atoms with Gasteiger partial charge in [0.25, 0.3) is 5.91 Å². The van der Waals surface area contributed by atoms with E-state index < -0.39 is 46.5 Å². The Morgan fingerprint density at radius 2 is 1.67 bits per heavy atom. The van der Waals surface area contributed by atoms with Gasteiger partial charge in [-0.05, 0) is 59.4 Å². The zero-order valence-corrected chi connectivity index (χ0v) is 29.3. The maximum atomic E-state index is 14.1. The molecule has 0 aliphatic carbocycles. The highest BCUT2D eigenvalue weighted by Gasteiger charge is 2.61. The molecule has 0 bridgehead atoms. The van der Waals surface area contributed by atoms with Crippen LogP contribution in [-0.4, -0.2) is 75.1 Å². The standard InChI is InChI=1S/C38H35ClN4O7S/c1-23(44)49-21-27-22-51(48)37-32(41-35(45)26-15-18-42(19-16-26)31-14-17-40-30-20-28(39)12-13-29(30)31)36(46)43(37)33(27)38(47)50-34(24-8-4-2-5-9-24)25-10-6-3-7-11-25/h2-14,17,20,26,32,34,37H,15-16,18-19,21-22H2,1H3,(H,41,45)/t32-,37-,51?/m1/s1. The lowest BCUT2D eigenvalue weighted by Gasteiger charge is -2.49. The average molecular weight is 727 g/mol. The van der Waals surface area contributed by atoms with Crippen molar-refractivity contribution in [3.63, 3.8) is 0 Å². The van der Waals surface area contributed by atoms with E-state index in [1.54, 1.807) is 6.20 Å². The monoisotopic (exact) mass is 726 g/mol. The van der Waals surface area contributed by atoms with Crippen LogP contribution in [0.3, 0.4) is 0 Å². The lowest BCUT2D eigenvalue weighted by atomic mass is 9.94. The summed E-state index contributed by atoms with van der Waals surface area (Å²) in [7, 11) is 0. The second-order valence-electron chi connectivity index (χ2n) is 12.7. The Balaban J connectivity index is 1.07. The van der Waals surface area contributed by atoms with Gasteiger partial charge in [-0.15, -0.1) is 0 Å². The minimum absolute atomic E-state index is 0.118. The van der Waals surface area contributed by atoms with Crippen LogP contribution < -0.4 is 10.2 Å². The number of hydrogen-bond donors (Lipinski definition) is 1. The summed E-state index contributed by atoms with van der Waals surface area (Å²) in [5.41, 5.74) is 3.31. The Morgan fingerprint density at radius 3 is 2.31 bits per heavy atom. The minimum Gasteiger partial charge on any atom is -0.614 e. The largest absolute Gasteiger partial charge is 0.614 e. The SMILES string of the molecule is CC(=O)OCC1=C(C(=O)OC(c2ccccc2)c2ccccc2)N2C(=O)[C@@H](NC(=O)C3CCN(c4ccnc5cc(Cl)ccc45)CC3)[C@H]2[S+]([O-])C1. The van der Waals surface area contributed by atoms with Gasteiger partial charge in [-0.3, -0.25) is 24.3 Å². The normalized spacial score (nSPS) is 20.5. The lowest BCUT2D eigenvalue weighted by Crippen LogP contribution is -2.75. The van der Waals surface area contributed by atoms with Gasteiger partial charge in [-0.1, -0.05) is 72.3 Å². The third-order valence-corrected chi connectivity index (χ3v) is 11.4. The molecule has 3 atom stereocenters. The number of pyridine rings is 1. The summed E-state index contributed by atoms with van der Waals surface area (Å²) >= 11 is 4.46. The number of benzene rings is 3. The summed E-state index contributed by atoms with van der Waals surface area (Å²) in [5, 5.41) is 3.44. The smallest absolute Gasteiger partial charge is 0.356 e. The quantitative estimate of drug-likeness (QED) is 0.148. The second kappa shape index (κ2) is 14.7. The molecule has 1 unspecified atom stereocenters. The molecule has 2 saturated heterocycles. The second-order valence-corrected chi connectivity index (χ2v) is 14.7. The number of β-lactam (4-membered cyclic amide) rings is 1. The van der Waals surface area contributed by atoms with Crippen molar-refractivity contribution < 1.29 is 33.2 Å². The topological polar surface area (TPSA) is 141 Å². The first-order valence-corrected chi connectivity index (χ1v) is 18.4. The van der Waals surface area contributed by atoms with Crippen molar-refractivity contribution in [1.82, 2.24) is 15.2 Å². The highest BCUT2D eigenvalue weighted by atomic mass is 35.5. The molecule has 0 radical (unpaired) electrons. The summed E-state index contributed by atoms with van der Waals surface area (Å²) in [6.07, 6.45) is 2.02. The average Bonchev–Trinajstić information content (AvgIpc) is 3.15. The molecule has 0 spiro atoms. The van der Waals surface area contributed by atoms with Gasteiger partial charge in [0.05, 0.1) is 5.52 Å². The van der Waals surface area contributed by atoms with Gasteiger partial charge in [0.15, 0.2) is 12.1 Å². The third-order valence-electron chi connectivity index (χ3n) is 9.46. The summed E-state index contributed by atoms with van der Waals surface area (Å²) in [6, 6.07) is 24.8. The number of aromatic nitrogens is 1. The van der Waals surface area contributed by atoms with Gasteiger partial charge in [-0.25, -0.2) is 4.79 Å². The van der Waals surface area contributed by atoms with Crippen LogP contribution in [0.15, 0.2) is 102 Å². The minimum atomic E-state index is -1.70. The van der Waals surface area contributed by atoms with E-state index in [2.05, 4.69) is 15.2 Å². The number of ether oxygens (including phenoxy) is 2. The number of esters is 2. The number of rotatable bonds is 9. The van der Waals surface area contributed by atoms with E-state index in [9.17, 15) is 23.7 Å². The van der Waals surface area contributed by atoms with E-state index in [1.807, 2.05) is 84.9 Å². The van der Waals surface area contributed by atoms with Crippen LogP contribution in [0.5, 0.6) is 0 Å². The fourth-order valence-corrected chi connectivity index (χ4v) is 8.76. The molecular weight excluding hydrogens is 692 g/mol. The van der Waals surface area contributed by atoms with E-state index in [0.717, 1.165) is 21.5 Å². The number of hydrogen-bond acceptors (Lipinski definition) is 9. The van der Waals surface area contributed by atoms with E-state index in [1.165, 1.54) is 6.92 Å². The molecule has 262 valence electrons. The number of carbonyl (C=O) groups is 4. The third kappa shape index (κ3) is 7.03. The van der Waals surface area contributed by atoms with Gasteiger partial charge < -0.3 is 24.2 Å². The predicted octanol–water partition coefficient (Wildman–Crippen LogP) is 4.67. The molecule has 0 saturated carbocycles. The number of nitrogens with zero attached hydrogens (tertiary/aromatic N) is 3. The van der Waals surface area contributed by atoms with Gasteiger partial charge in [0.1, 0.15) is 18.1 Å². The number of halogens is 1. The Hall–Kier alpha value is -4.91. The summed E-state index contributed by atoms with van der Waals surface area (Å²) in [6.45, 7) is 2.12. The molecular formula is C38H35ClN4O7S. The number of carbonyl (C=O) groups excluding carboxylic acids is 4. The number of piperidine rings is 1. The number of amides is 2. The van der Waals surface area contributed by atoms with Crippen molar-refractivity contribution in [3.05, 3.63) is 119 Å². The molecule has 1 aromatic heterocycles. The fraction of sp³-hybridized carbons (Fsp3) is 0.289. The molecule has 51 heavy (non-hydrogen) atoms. The van der Waals surface area contributed by atoms with E-state index in [-0.39, 0.29) is 35.5 Å². The number of fused-ring (bicyclic) bond motifs is 2. The Kier molecular flexibility index (Phi) is 9.99. The predicted molar refractivity (Wildman–Crippen MR) is 192 cm³/mol. The first-order chi connectivity index (χ1) is 24.7. The summed E-state index contributed by atoms with van der Waals surface area (Å²) in [5.74, 6) is -2.80. The van der Waals surface area contributed by atoms with Crippen molar-refractivity contribution in [2.45, 2.75) is 37.3 Å². The molecule has 4 heterocycles. The highest BCUT2D eigenvalue weighted by Crippen LogP contribution is 2.39. The molecule has 3 aliphatic heterocycles. The molecule has 13 heteroatoms. The molecule has 2 fully saturated rings. The van der Waals surface area contributed by atoms with Gasteiger partial charge >= 0.3 is 11.9 Å². The molecule has 2 amide bonds. The number of anilines is 1. The maximum absolute atomic E-state index is 14.1. The van der Waals surface area contributed by atoms with Crippen LogP contribution in [0.2, 0.25) is 5.02 Å².